The summed E-state index contributed by atoms with van der Waals surface area (Å²) in [4.78, 5) is 14.1. The lowest BCUT2D eigenvalue weighted by molar-refractivity contribution is -0.184. The Labute approximate surface area is 121 Å². The van der Waals surface area contributed by atoms with Crippen molar-refractivity contribution < 1.29 is 19.0 Å². The van der Waals surface area contributed by atoms with E-state index in [2.05, 4.69) is 0 Å². The summed E-state index contributed by atoms with van der Waals surface area (Å²) in [5.74, 6) is -0.131. The first-order chi connectivity index (χ1) is 9.56. The molecule has 1 aliphatic heterocycles. The maximum absolute atomic E-state index is 12.2. The minimum atomic E-state index is -0.342. The number of carbonyl (C=O) groups excluding carboxylic acids is 1. The molecule has 116 valence electrons. The highest BCUT2D eigenvalue weighted by Crippen LogP contribution is 2.37. The van der Waals surface area contributed by atoms with E-state index in [1.165, 1.54) is 0 Å². The van der Waals surface area contributed by atoms with Crippen LogP contribution in [0.2, 0.25) is 0 Å². The van der Waals surface area contributed by atoms with Crippen LogP contribution in [-0.4, -0.2) is 56.1 Å². The minimum absolute atomic E-state index is 0.141. The zero-order valence-electron chi connectivity index (χ0n) is 12.9. The summed E-state index contributed by atoms with van der Waals surface area (Å²) in [6, 6.07) is 0.318. The first kappa shape index (κ1) is 15.7. The molecule has 0 aromatic carbocycles. The van der Waals surface area contributed by atoms with Gasteiger partial charge in [0.15, 0.2) is 5.79 Å². The number of rotatable bonds is 5. The molecule has 1 atom stereocenters. The highest BCUT2D eigenvalue weighted by molar-refractivity contribution is 5.76. The van der Waals surface area contributed by atoms with Crippen LogP contribution in [0.1, 0.15) is 45.4 Å². The highest BCUT2D eigenvalue weighted by Gasteiger charge is 2.41. The minimum Gasteiger partial charge on any atom is -0.382 e. The maximum Gasteiger partial charge on any atom is 0.222 e. The first-order valence-electron chi connectivity index (χ1n) is 7.63. The lowest BCUT2D eigenvalue weighted by Gasteiger charge is -2.39. The lowest BCUT2D eigenvalue weighted by Crippen LogP contribution is -2.45. The molecule has 1 amide bonds. The Kier molecular flexibility index (Phi) is 5.41. The van der Waals surface area contributed by atoms with Gasteiger partial charge in [-0.25, -0.2) is 0 Å². The summed E-state index contributed by atoms with van der Waals surface area (Å²) in [5, 5.41) is 0. The number of amides is 1. The van der Waals surface area contributed by atoms with Crippen molar-refractivity contribution in [2.45, 2.75) is 63.4 Å². The van der Waals surface area contributed by atoms with Gasteiger partial charge in [-0.15, -0.1) is 0 Å². The van der Waals surface area contributed by atoms with E-state index in [1.54, 1.807) is 7.11 Å². The topological polar surface area (TPSA) is 48.0 Å². The molecule has 2 rings (SSSR count). The van der Waals surface area contributed by atoms with Crippen LogP contribution in [0.25, 0.3) is 0 Å². The predicted molar refractivity (Wildman–Crippen MR) is 75.4 cm³/mol. The molecule has 1 saturated carbocycles. The van der Waals surface area contributed by atoms with Crippen LogP contribution in [0.15, 0.2) is 0 Å². The summed E-state index contributed by atoms with van der Waals surface area (Å²) < 4.78 is 16.6. The van der Waals surface area contributed by atoms with Gasteiger partial charge in [-0.1, -0.05) is 0 Å². The molecule has 5 nitrogen and oxygen atoms in total. The molecular weight excluding hydrogens is 258 g/mol. The zero-order chi connectivity index (χ0) is 14.6. The number of ether oxygens (including phenoxy) is 3. The van der Waals surface area contributed by atoms with Crippen LogP contribution < -0.4 is 0 Å². The van der Waals surface area contributed by atoms with Crippen LogP contribution in [0.3, 0.4) is 0 Å². The molecule has 5 heteroatoms. The Hall–Kier alpha value is -0.650. The monoisotopic (exact) mass is 285 g/mol. The average molecular weight is 285 g/mol. The van der Waals surface area contributed by atoms with Gasteiger partial charge in [0.05, 0.1) is 19.3 Å². The Morgan fingerprint density at radius 1 is 1.35 bits per heavy atom. The van der Waals surface area contributed by atoms with E-state index in [1.807, 2.05) is 18.9 Å². The van der Waals surface area contributed by atoms with Crippen molar-refractivity contribution in [1.82, 2.24) is 4.90 Å². The largest absolute Gasteiger partial charge is 0.382 e. The van der Waals surface area contributed by atoms with E-state index in [0.717, 1.165) is 32.1 Å². The fourth-order valence-corrected chi connectivity index (χ4v) is 3.04. The second-order valence-electron chi connectivity index (χ2n) is 5.93. The second-order valence-corrected chi connectivity index (χ2v) is 5.93. The zero-order valence-corrected chi connectivity index (χ0v) is 12.9. The van der Waals surface area contributed by atoms with E-state index in [9.17, 15) is 4.79 Å². The summed E-state index contributed by atoms with van der Waals surface area (Å²) in [6.45, 7) is 3.40. The number of methoxy groups -OCH3 is 1. The van der Waals surface area contributed by atoms with E-state index < -0.39 is 0 Å². The third-order valence-electron chi connectivity index (χ3n) is 4.64. The van der Waals surface area contributed by atoms with Crippen LogP contribution in [0, 0.1) is 0 Å². The first-order valence-corrected chi connectivity index (χ1v) is 7.63. The number of carbonyl (C=O) groups is 1. The maximum atomic E-state index is 12.2. The Balaban J connectivity index is 1.76. The molecule has 0 bridgehead atoms. The van der Waals surface area contributed by atoms with Crippen molar-refractivity contribution >= 4 is 5.91 Å². The molecule has 1 spiro atoms. The van der Waals surface area contributed by atoms with Crippen molar-refractivity contribution in [3.8, 4) is 0 Å². The fraction of sp³-hybridized carbons (Fsp3) is 0.933. The van der Waals surface area contributed by atoms with Crippen LogP contribution >= 0.6 is 0 Å². The molecule has 1 heterocycles. The van der Waals surface area contributed by atoms with Gasteiger partial charge in [-0.2, -0.15) is 0 Å². The van der Waals surface area contributed by atoms with Gasteiger partial charge >= 0.3 is 0 Å². The number of hydrogen-bond acceptors (Lipinski definition) is 4. The third-order valence-corrected chi connectivity index (χ3v) is 4.64. The van der Waals surface area contributed by atoms with Gasteiger partial charge in [0.25, 0.3) is 0 Å². The lowest BCUT2D eigenvalue weighted by atomic mass is 9.89. The summed E-state index contributed by atoms with van der Waals surface area (Å²) in [6.07, 6.45) is 5.18. The Morgan fingerprint density at radius 3 is 2.50 bits per heavy atom. The summed E-state index contributed by atoms with van der Waals surface area (Å²) in [7, 11) is 3.60. The summed E-state index contributed by atoms with van der Waals surface area (Å²) in [5.41, 5.74) is 0. The molecule has 0 radical (unpaired) electrons. The van der Waals surface area contributed by atoms with Crippen molar-refractivity contribution in [3.05, 3.63) is 0 Å². The molecule has 0 aromatic rings. The SMILES string of the molecule is COC(C)CCC(=O)N(C)C1CCC2(CC1)OCCO2. The van der Waals surface area contributed by atoms with E-state index in [0.29, 0.717) is 25.7 Å². The molecule has 0 N–H and O–H groups in total. The molecule has 0 aromatic heterocycles. The molecule has 20 heavy (non-hydrogen) atoms. The van der Waals surface area contributed by atoms with Crippen LogP contribution in [-0.2, 0) is 19.0 Å². The van der Waals surface area contributed by atoms with E-state index in [-0.39, 0.29) is 17.8 Å². The van der Waals surface area contributed by atoms with E-state index >= 15 is 0 Å². The molecule has 2 fully saturated rings. The van der Waals surface area contributed by atoms with E-state index in [4.69, 9.17) is 14.2 Å². The predicted octanol–water partition coefficient (Wildman–Crippen LogP) is 1.95. The second kappa shape index (κ2) is 6.87. The Bertz CT molecular complexity index is 318. The smallest absolute Gasteiger partial charge is 0.222 e. The highest BCUT2D eigenvalue weighted by atomic mass is 16.7. The van der Waals surface area contributed by atoms with Gasteiger partial charge in [-0.05, 0) is 26.2 Å². The van der Waals surface area contributed by atoms with Crippen molar-refractivity contribution in [2.75, 3.05) is 27.4 Å². The van der Waals surface area contributed by atoms with Crippen LogP contribution in [0.4, 0.5) is 0 Å². The quantitative estimate of drug-likeness (QED) is 0.774. The number of nitrogens with zero attached hydrogens (tertiary/aromatic N) is 1. The van der Waals surface area contributed by atoms with Gasteiger partial charge in [0.2, 0.25) is 5.91 Å². The standard InChI is InChI=1S/C15H27NO4/c1-12(18-3)4-5-14(17)16(2)13-6-8-15(9-7-13)19-10-11-20-15/h12-13H,4-11H2,1-3H3. The van der Waals surface area contributed by atoms with Gasteiger partial charge in [0.1, 0.15) is 0 Å². The van der Waals surface area contributed by atoms with Gasteiger partial charge in [-0.3, -0.25) is 4.79 Å². The van der Waals surface area contributed by atoms with Crippen LogP contribution in [0.5, 0.6) is 0 Å². The van der Waals surface area contributed by atoms with Crippen molar-refractivity contribution in [3.63, 3.8) is 0 Å². The molecule has 2 aliphatic rings. The molecule has 1 unspecified atom stereocenters. The average Bonchev–Trinajstić information content (AvgIpc) is 2.92. The molecule has 1 aliphatic carbocycles. The molecule has 1 saturated heterocycles. The van der Waals surface area contributed by atoms with Gasteiger partial charge < -0.3 is 19.1 Å². The number of hydrogen-bond donors (Lipinski definition) is 0. The Morgan fingerprint density at radius 2 is 1.95 bits per heavy atom. The van der Waals surface area contributed by atoms with Gasteiger partial charge in [0, 0.05) is 39.5 Å². The van der Waals surface area contributed by atoms with Crippen molar-refractivity contribution in [1.29, 1.82) is 0 Å². The third kappa shape index (κ3) is 3.71. The molecular formula is C15H27NO4. The summed E-state index contributed by atoms with van der Waals surface area (Å²) >= 11 is 0. The fourth-order valence-electron chi connectivity index (χ4n) is 3.04. The normalized spacial score (nSPS) is 23.9. The van der Waals surface area contributed by atoms with Crippen molar-refractivity contribution in [2.24, 2.45) is 0 Å².